The maximum atomic E-state index is 13.5. The summed E-state index contributed by atoms with van der Waals surface area (Å²) in [6.07, 6.45) is 2.45. The van der Waals surface area contributed by atoms with Gasteiger partial charge in [0.15, 0.2) is 0 Å². The van der Waals surface area contributed by atoms with E-state index in [1.165, 1.54) is 32.4 Å². The van der Waals surface area contributed by atoms with Crippen LogP contribution in [0.25, 0.3) is 6.08 Å². The Kier molecular flexibility index (Phi) is 6.06. The van der Waals surface area contributed by atoms with Gasteiger partial charge in [0.25, 0.3) is 0 Å². The number of halogens is 2. The molecular formula is C17H16F2N2O4S. The van der Waals surface area contributed by atoms with Crippen molar-refractivity contribution in [1.82, 2.24) is 4.72 Å². The Hall–Kier alpha value is -2.78. The summed E-state index contributed by atoms with van der Waals surface area (Å²) >= 11 is 0. The lowest BCUT2D eigenvalue weighted by Gasteiger charge is -2.09. The van der Waals surface area contributed by atoms with E-state index >= 15 is 0 Å². The van der Waals surface area contributed by atoms with Crippen molar-refractivity contribution in [2.24, 2.45) is 0 Å². The molecule has 0 spiro atoms. The molecule has 0 aliphatic carbocycles. The molecule has 0 aliphatic rings. The smallest absolute Gasteiger partial charge is 0.248 e. The number of carbonyl (C=O) groups is 1. The molecule has 0 aromatic heterocycles. The minimum atomic E-state index is -3.75. The molecule has 26 heavy (non-hydrogen) atoms. The van der Waals surface area contributed by atoms with E-state index in [0.717, 1.165) is 18.2 Å². The third kappa shape index (κ3) is 4.64. The molecule has 2 aromatic rings. The maximum absolute atomic E-state index is 13.5. The molecule has 1 amide bonds. The van der Waals surface area contributed by atoms with Crippen molar-refractivity contribution in [2.45, 2.75) is 4.90 Å². The molecule has 6 nitrogen and oxygen atoms in total. The lowest BCUT2D eigenvalue weighted by molar-refractivity contribution is -0.111. The van der Waals surface area contributed by atoms with E-state index in [1.54, 1.807) is 6.07 Å². The molecule has 0 unspecified atom stereocenters. The molecule has 0 saturated heterocycles. The number of hydrogen-bond donors (Lipinski definition) is 2. The summed E-state index contributed by atoms with van der Waals surface area (Å²) in [6, 6.07) is 7.09. The standard InChI is InChI=1S/C17H16F2N2O4S/c1-20-26(23,24)16-9-11(3-7-15(16)25-2)4-8-17(22)21-14-6-5-12(18)10-13(14)19/h3-10,20H,1-2H3,(H,21,22)/b8-4+. The highest BCUT2D eigenvalue weighted by molar-refractivity contribution is 7.89. The molecule has 0 saturated carbocycles. The van der Waals surface area contributed by atoms with Gasteiger partial charge in [-0.15, -0.1) is 0 Å². The number of methoxy groups -OCH3 is 1. The number of hydrogen-bond acceptors (Lipinski definition) is 4. The zero-order valence-corrected chi connectivity index (χ0v) is 14.7. The summed E-state index contributed by atoms with van der Waals surface area (Å²) in [6.45, 7) is 0. The monoisotopic (exact) mass is 382 g/mol. The Bertz CT molecular complexity index is 959. The summed E-state index contributed by atoms with van der Waals surface area (Å²) in [4.78, 5) is 11.8. The van der Waals surface area contributed by atoms with Crippen LogP contribution in [-0.2, 0) is 14.8 Å². The number of benzene rings is 2. The predicted octanol–water partition coefficient (Wildman–Crippen LogP) is 2.53. The fourth-order valence-corrected chi connectivity index (χ4v) is 2.98. The lowest BCUT2D eigenvalue weighted by atomic mass is 10.2. The van der Waals surface area contributed by atoms with Gasteiger partial charge in [0.05, 0.1) is 12.8 Å². The van der Waals surface area contributed by atoms with Gasteiger partial charge in [0.1, 0.15) is 22.3 Å². The zero-order valence-electron chi connectivity index (χ0n) is 13.9. The molecule has 0 radical (unpaired) electrons. The first-order chi connectivity index (χ1) is 12.3. The number of sulfonamides is 1. The van der Waals surface area contributed by atoms with Crippen LogP contribution in [0, 0.1) is 11.6 Å². The normalized spacial score (nSPS) is 11.5. The Morgan fingerprint density at radius 2 is 1.88 bits per heavy atom. The van der Waals surface area contributed by atoms with E-state index in [4.69, 9.17) is 4.74 Å². The van der Waals surface area contributed by atoms with Crippen molar-refractivity contribution in [2.75, 3.05) is 19.5 Å². The summed E-state index contributed by atoms with van der Waals surface area (Å²) in [5.41, 5.74) is 0.239. The number of rotatable bonds is 6. The van der Waals surface area contributed by atoms with Crippen molar-refractivity contribution in [3.8, 4) is 5.75 Å². The van der Waals surface area contributed by atoms with Crippen LogP contribution in [0.1, 0.15) is 5.56 Å². The second kappa shape index (κ2) is 8.07. The Morgan fingerprint density at radius 3 is 2.50 bits per heavy atom. The van der Waals surface area contributed by atoms with Gasteiger partial charge in [-0.25, -0.2) is 21.9 Å². The fourth-order valence-electron chi connectivity index (χ4n) is 2.05. The van der Waals surface area contributed by atoms with Crippen LogP contribution in [0.5, 0.6) is 5.75 Å². The van der Waals surface area contributed by atoms with E-state index < -0.39 is 27.6 Å². The van der Waals surface area contributed by atoms with E-state index in [9.17, 15) is 22.0 Å². The van der Waals surface area contributed by atoms with Gasteiger partial charge in [-0.05, 0) is 43.0 Å². The minimum absolute atomic E-state index is 0.0883. The van der Waals surface area contributed by atoms with E-state index in [1.807, 2.05) is 0 Å². The predicted molar refractivity (Wildman–Crippen MR) is 93.3 cm³/mol. The number of amides is 1. The summed E-state index contributed by atoms with van der Waals surface area (Å²) in [5, 5.41) is 2.26. The topological polar surface area (TPSA) is 84.5 Å². The van der Waals surface area contributed by atoms with Crippen molar-refractivity contribution in [3.63, 3.8) is 0 Å². The third-order valence-corrected chi connectivity index (χ3v) is 4.80. The molecular weight excluding hydrogens is 366 g/mol. The highest BCUT2D eigenvalue weighted by atomic mass is 32.2. The second-order valence-corrected chi connectivity index (χ2v) is 6.92. The van der Waals surface area contributed by atoms with Crippen molar-refractivity contribution >= 4 is 27.7 Å². The Labute approximate surface area is 149 Å². The average Bonchev–Trinajstić information content (AvgIpc) is 2.62. The quantitative estimate of drug-likeness (QED) is 0.752. The van der Waals surface area contributed by atoms with E-state index in [0.29, 0.717) is 11.6 Å². The van der Waals surface area contributed by atoms with E-state index in [-0.39, 0.29) is 16.3 Å². The number of anilines is 1. The minimum Gasteiger partial charge on any atom is -0.495 e. The van der Waals surface area contributed by atoms with Gasteiger partial charge in [-0.2, -0.15) is 0 Å². The van der Waals surface area contributed by atoms with Crippen LogP contribution in [0.15, 0.2) is 47.4 Å². The van der Waals surface area contributed by atoms with E-state index in [2.05, 4.69) is 10.0 Å². The molecule has 138 valence electrons. The van der Waals surface area contributed by atoms with Crippen molar-refractivity contribution < 1.29 is 26.7 Å². The van der Waals surface area contributed by atoms with Gasteiger partial charge >= 0.3 is 0 Å². The molecule has 2 rings (SSSR count). The first kappa shape index (κ1) is 19.5. The molecule has 0 fully saturated rings. The molecule has 0 atom stereocenters. The Morgan fingerprint density at radius 1 is 1.15 bits per heavy atom. The van der Waals surface area contributed by atoms with Gasteiger partial charge in [-0.3, -0.25) is 4.79 Å². The second-order valence-electron chi connectivity index (χ2n) is 5.06. The summed E-state index contributed by atoms with van der Waals surface area (Å²) in [7, 11) is -1.15. The van der Waals surface area contributed by atoms with Gasteiger partial charge in [0.2, 0.25) is 15.9 Å². The maximum Gasteiger partial charge on any atom is 0.248 e. The molecule has 0 aliphatic heterocycles. The number of ether oxygens (including phenoxy) is 1. The van der Waals surface area contributed by atoms with Crippen LogP contribution in [-0.4, -0.2) is 28.5 Å². The highest BCUT2D eigenvalue weighted by Crippen LogP contribution is 2.25. The average molecular weight is 382 g/mol. The lowest BCUT2D eigenvalue weighted by Crippen LogP contribution is -2.19. The van der Waals surface area contributed by atoms with Gasteiger partial charge in [0, 0.05) is 12.1 Å². The summed E-state index contributed by atoms with van der Waals surface area (Å²) in [5.74, 6) is -2.18. The molecule has 0 heterocycles. The molecule has 0 bridgehead atoms. The third-order valence-electron chi connectivity index (χ3n) is 3.36. The summed E-state index contributed by atoms with van der Waals surface area (Å²) < 4.78 is 57.6. The number of nitrogens with one attached hydrogen (secondary N) is 2. The van der Waals surface area contributed by atoms with Crippen molar-refractivity contribution in [3.05, 3.63) is 59.7 Å². The van der Waals surface area contributed by atoms with Crippen LogP contribution < -0.4 is 14.8 Å². The Balaban J connectivity index is 2.22. The highest BCUT2D eigenvalue weighted by Gasteiger charge is 2.17. The SMILES string of the molecule is CNS(=O)(=O)c1cc(/C=C/C(=O)Nc2ccc(F)cc2F)ccc1OC. The van der Waals surface area contributed by atoms with Crippen molar-refractivity contribution in [1.29, 1.82) is 0 Å². The van der Waals surface area contributed by atoms with Crippen LogP contribution in [0.4, 0.5) is 14.5 Å². The van der Waals surface area contributed by atoms with Crippen LogP contribution >= 0.6 is 0 Å². The fraction of sp³-hybridized carbons (Fsp3) is 0.118. The first-order valence-electron chi connectivity index (χ1n) is 7.32. The number of carbonyl (C=O) groups excluding carboxylic acids is 1. The van der Waals surface area contributed by atoms with Crippen LogP contribution in [0.3, 0.4) is 0 Å². The first-order valence-corrected chi connectivity index (χ1v) is 8.81. The van der Waals surface area contributed by atoms with Gasteiger partial charge < -0.3 is 10.1 Å². The molecule has 2 aromatic carbocycles. The van der Waals surface area contributed by atoms with Gasteiger partial charge in [-0.1, -0.05) is 6.07 Å². The molecule has 9 heteroatoms. The van der Waals surface area contributed by atoms with Crippen LogP contribution in [0.2, 0.25) is 0 Å². The zero-order chi connectivity index (χ0) is 19.3. The molecule has 2 N–H and O–H groups in total. The largest absolute Gasteiger partial charge is 0.495 e.